The number of sulfonamides is 1. The van der Waals surface area contributed by atoms with Crippen LogP contribution in [0.15, 0.2) is 71.6 Å². The quantitative estimate of drug-likeness (QED) is 0.328. The summed E-state index contributed by atoms with van der Waals surface area (Å²) in [4.78, 5) is 11.2. The second-order valence-electron chi connectivity index (χ2n) is 10.5. The molecule has 6 rings (SSSR count). The third-order valence-electron chi connectivity index (χ3n) is 8.02. The molecule has 4 aromatic rings. The van der Waals surface area contributed by atoms with Crippen LogP contribution < -0.4 is 9.88 Å². The third-order valence-corrected chi connectivity index (χ3v) is 11.4. The molecule has 210 valence electrons. The average Bonchev–Trinajstić information content (AvgIpc) is 3.60. The van der Waals surface area contributed by atoms with Gasteiger partial charge >= 0.3 is 5.13 Å². The van der Waals surface area contributed by atoms with Crippen LogP contribution >= 0.6 is 11.3 Å². The highest BCUT2D eigenvalue weighted by atomic mass is 32.2. The number of rotatable bonds is 7. The van der Waals surface area contributed by atoms with Gasteiger partial charge in [0.05, 0.1) is 31.2 Å². The lowest BCUT2D eigenvalue weighted by atomic mass is 9.92. The lowest BCUT2D eigenvalue weighted by Gasteiger charge is -2.47. The van der Waals surface area contributed by atoms with Crippen molar-refractivity contribution < 1.29 is 17.4 Å². The summed E-state index contributed by atoms with van der Waals surface area (Å²) < 4.78 is 46.9. The van der Waals surface area contributed by atoms with Crippen LogP contribution in [0.2, 0.25) is 0 Å². The molecule has 0 bridgehead atoms. The van der Waals surface area contributed by atoms with Crippen molar-refractivity contribution in [1.82, 2.24) is 23.7 Å². The number of nitrogens with zero attached hydrogens (tertiary/aromatic N) is 6. The molecule has 3 aromatic heterocycles. The fourth-order valence-electron chi connectivity index (χ4n) is 5.87. The predicted octanol–water partition coefficient (Wildman–Crippen LogP) is 4.26. The van der Waals surface area contributed by atoms with Gasteiger partial charge in [-0.3, -0.25) is 4.90 Å². The third kappa shape index (κ3) is 5.16. The number of piperazine rings is 1. The van der Waals surface area contributed by atoms with E-state index in [1.807, 2.05) is 49.9 Å². The summed E-state index contributed by atoms with van der Waals surface area (Å²) in [6.45, 7) is 3.65. The second kappa shape index (κ2) is 11.0. The molecule has 9 nitrogen and oxygen atoms in total. The number of nitrogens with one attached hydrogen (secondary N) is 1. The monoisotopic (exact) mass is 582 g/mol. The number of piperidine rings is 1. The first-order valence-electron chi connectivity index (χ1n) is 13.5. The Morgan fingerprint density at radius 2 is 1.98 bits per heavy atom. The molecule has 2 fully saturated rings. The van der Waals surface area contributed by atoms with E-state index in [2.05, 4.69) is 31.7 Å². The molecular weight excluding hydrogens is 549 g/mol. The van der Waals surface area contributed by atoms with E-state index in [0.29, 0.717) is 34.8 Å². The van der Waals surface area contributed by atoms with Gasteiger partial charge in [0, 0.05) is 44.1 Å². The largest absolute Gasteiger partial charge is 0.341 e. The van der Waals surface area contributed by atoms with Crippen molar-refractivity contribution in [3.63, 3.8) is 0 Å². The summed E-state index contributed by atoms with van der Waals surface area (Å²) in [5.74, 6) is 0.417. The van der Waals surface area contributed by atoms with Crippen molar-refractivity contribution in [1.29, 1.82) is 0 Å². The molecule has 0 amide bonds. The summed E-state index contributed by atoms with van der Waals surface area (Å²) >= 11 is 1.22. The van der Waals surface area contributed by atoms with Crippen molar-refractivity contribution in [2.45, 2.75) is 48.5 Å². The van der Waals surface area contributed by atoms with E-state index in [1.165, 1.54) is 23.5 Å². The first-order chi connectivity index (χ1) is 19.3. The maximum Gasteiger partial charge on any atom is 0.341 e. The van der Waals surface area contributed by atoms with Crippen molar-refractivity contribution in [3.8, 4) is 0 Å². The molecule has 0 spiro atoms. The Labute approximate surface area is 238 Å². The number of hydrogen-bond acceptors (Lipinski definition) is 7. The van der Waals surface area contributed by atoms with Gasteiger partial charge in [0.1, 0.15) is 12.0 Å². The van der Waals surface area contributed by atoms with Crippen molar-refractivity contribution >= 4 is 32.3 Å². The zero-order chi connectivity index (χ0) is 27.9. The molecule has 0 radical (unpaired) electrons. The Morgan fingerprint density at radius 1 is 1.15 bits per heavy atom. The molecule has 3 unspecified atom stereocenters. The highest BCUT2D eigenvalue weighted by Gasteiger charge is 2.41. The van der Waals surface area contributed by atoms with Crippen LogP contribution in [0.4, 0.5) is 15.3 Å². The molecule has 2 aliphatic rings. The van der Waals surface area contributed by atoms with E-state index in [1.54, 1.807) is 21.3 Å². The summed E-state index contributed by atoms with van der Waals surface area (Å²) in [7, 11) is -1.81. The van der Waals surface area contributed by atoms with Crippen LogP contribution in [0.25, 0.3) is 0 Å². The molecule has 40 heavy (non-hydrogen) atoms. The van der Waals surface area contributed by atoms with Crippen LogP contribution in [-0.4, -0.2) is 57.8 Å². The minimum Gasteiger partial charge on any atom is -0.326 e. The highest BCUT2D eigenvalue weighted by molar-refractivity contribution is 7.91. The van der Waals surface area contributed by atoms with Gasteiger partial charge in [0.25, 0.3) is 10.0 Å². The summed E-state index contributed by atoms with van der Waals surface area (Å²) in [6, 6.07) is 12.5. The van der Waals surface area contributed by atoms with Crippen LogP contribution in [-0.2, 0) is 17.1 Å². The number of anilines is 2. The standard InChI is InChI=1S/C28H32FN7O2S2/c1-20(21-9-11-22(29)12-10-21)36-19-30-16-25(36)24-7-5-6-23-17-34(14-15-35(23)24)40(37,38)27-18-33(2)28(39-27)32-26-8-3-4-13-31-26/h3-4,8-13,16,18-20,23-24H,5-7,14-15,17H2,1-2H3/p+1. The number of hydrogen-bond donors (Lipinski definition) is 1. The van der Waals surface area contributed by atoms with Gasteiger partial charge in [-0.2, -0.15) is 4.31 Å². The summed E-state index contributed by atoms with van der Waals surface area (Å²) in [6.07, 6.45) is 10.1. The van der Waals surface area contributed by atoms with Gasteiger partial charge in [0.2, 0.25) is 5.82 Å². The molecule has 1 aromatic carbocycles. The molecule has 0 aliphatic carbocycles. The number of benzene rings is 1. The Bertz CT molecular complexity index is 1570. The van der Waals surface area contributed by atoms with E-state index < -0.39 is 10.0 Å². The van der Waals surface area contributed by atoms with Crippen LogP contribution in [0.5, 0.6) is 0 Å². The minimum absolute atomic E-state index is 0.00797. The van der Waals surface area contributed by atoms with Gasteiger partial charge in [-0.1, -0.05) is 18.2 Å². The number of aromatic nitrogens is 4. The van der Waals surface area contributed by atoms with E-state index in [9.17, 15) is 12.8 Å². The average molecular weight is 583 g/mol. The fourth-order valence-corrected chi connectivity index (χ4v) is 8.84. The lowest BCUT2D eigenvalue weighted by molar-refractivity contribution is -0.654. The number of halogens is 1. The Balaban J connectivity index is 1.19. The van der Waals surface area contributed by atoms with Gasteiger partial charge in [-0.05, 0) is 61.3 Å². The number of fused-ring (bicyclic) bond motifs is 1. The molecular formula is C28H33FN7O2S2+. The molecule has 2 saturated heterocycles. The number of thiazole rings is 1. The lowest BCUT2D eigenvalue weighted by Crippen LogP contribution is -2.57. The van der Waals surface area contributed by atoms with Crippen molar-refractivity contribution in [2.75, 3.05) is 25.0 Å². The molecule has 5 heterocycles. The summed E-state index contributed by atoms with van der Waals surface area (Å²) in [5.41, 5.74) is 2.14. The predicted molar refractivity (Wildman–Crippen MR) is 151 cm³/mol. The maximum absolute atomic E-state index is 13.7. The van der Waals surface area contributed by atoms with E-state index in [-0.39, 0.29) is 23.9 Å². The molecule has 0 saturated carbocycles. The smallest absolute Gasteiger partial charge is 0.326 e. The van der Waals surface area contributed by atoms with Gasteiger partial charge in [0.15, 0.2) is 4.21 Å². The fraction of sp³-hybridized carbons (Fsp3) is 0.393. The van der Waals surface area contributed by atoms with Crippen molar-refractivity contribution in [2.24, 2.45) is 7.05 Å². The number of imidazole rings is 1. The first-order valence-corrected chi connectivity index (χ1v) is 15.8. The zero-order valence-corrected chi connectivity index (χ0v) is 24.2. The zero-order valence-electron chi connectivity index (χ0n) is 22.5. The maximum atomic E-state index is 13.7. The van der Waals surface area contributed by atoms with E-state index >= 15 is 0 Å². The Hall–Kier alpha value is -3.19. The highest BCUT2D eigenvalue weighted by Crippen LogP contribution is 2.39. The molecule has 12 heteroatoms. The molecule has 1 N–H and O–H groups in total. The van der Waals surface area contributed by atoms with E-state index in [4.69, 9.17) is 0 Å². The SMILES string of the molecule is CC(c1ccc(F)cc1)n1cncc1C1CCCC2CN(S(=O)(=O)c3c[n+](C)c(Nc4ccccn4)s3)CCN21. The molecule has 3 atom stereocenters. The van der Waals surface area contributed by atoms with Crippen LogP contribution in [0, 0.1) is 5.82 Å². The Morgan fingerprint density at radius 3 is 2.75 bits per heavy atom. The first kappa shape index (κ1) is 27.0. The Kier molecular flexibility index (Phi) is 7.43. The second-order valence-corrected chi connectivity index (χ2v) is 13.7. The number of pyridine rings is 1. The van der Waals surface area contributed by atoms with Gasteiger partial charge in [-0.25, -0.2) is 32.7 Å². The number of aryl methyl sites for hydroxylation is 1. The van der Waals surface area contributed by atoms with Gasteiger partial charge < -0.3 is 4.57 Å². The van der Waals surface area contributed by atoms with Crippen molar-refractivity contribution in [3.05, 3.63) is 84.5 Å². The summed E-state index contributed by atoms with van der Waals surface area (Å²) in [5, 5.41) is 3.92. The minimum atomic E-state index is -3.64. The normalized spacial score (nSPS) is 21.2. The van der Waals surface area contributed by atoms with Crippen LogP contribution in [0.3, 0.4) is 0 Å². The van der Waals surface area contributed by atoms with E-state index in [0.717, 1.165) is 30.5 Å². The molecule has 2 aliphatic heterocycles. The topological polar surface area (TPSA) is 87.2 Å². The van der Waals surface area contributed by atoms with Crippen LogP contribution in [0.1, 0.15) is 49.5 Å². The van der Waals surface area contributed by atoms with Gasteiger partial charge in [-0.15, -0.1) is 0 Å².